The van der Waals surface area contributed by atoms with Crippen LogP contribution in [-0.2, 0) is 11.3 Å². The largest absolute Gasteiger partial charge is 0.502 e. The van der Waals surface area contributed by atoms with Gasteiger partial charge in [-0.1, -0.05) is 6.07 Å². The van der Waals surface area contributed by atoms with Crippen molar-refractivity contribution in [2.75, 3.05) is 32.3 Å². The number of hydrogen-bond acceptors (Lipinski definition) is 6. The van der Waals surface area contributed by atoms with Gasteiger partial charge in [-0.3, -0.25) is 24.1 Å². The lowest BCUT2D eigenvalue weighted by Gasteiger charge is -2.50. The van der Waals surface area contributed by atoms with Gasteiger partial charge >= 0.3 is 0 Å². The molecule has 1 aromatic heterocycles. The average molecular weight is 434 g/mol. The SMILES string of the molecule is CN1C(=O)c2c(O)c(=O)c(C(=O)NCc3ccc(F)cc3F)cn2N(C)C12CCOC2. The van der Waals surface area contributed by atoms with Crippen molar-refractivity contribution < 1.29 is 28.2 Å². The number of likely N-dealkylation sites (N-methyl/N-ethyl adjacent to an activating group) is 2. The van der Waals surface area contributed by atoms with E-state index in [4.69, 9.17) is 4.74 Å². The van der Waals surface area contributed by atoms with Crippen LogP contribution in [0.3, 0.4) is 0 Å². The van der Waals surface area contributed by atoms with Gasteiger partial charge < -0.3 is 20.1 Å². The van der Waals surface area contributed by atoms with Crippen molar-refractivity contribution >= 4 is 11.8 Å². The quantitative estimate of drug-likeness (QED) is 0.731. The van der Waals surface area contributed by atoms with E-state index in [1.54, 1.807) is 19.1 Å². The summed E-state index contributed by atoms with van der Waals surface area (Å²) >= 11 is 0. The molecule has 1 saturated heterocycles. The molecule has 3 heterocycles. The highest BCUT2D eigenvalue weighted by atomic mass is 19.1. The number of nitrogens with zero attached hydrogens (tertiary/aromatic N) is 3. The van der Waals surface area contributed by atoms with Gasteiger partial charge in [0.25, 0.3) is 11.8 Å². The Morgan fingerprint density at radius 1 is 1.29 bits per heavy atom. The molecule has 4 rings (SSSR count). The van der Waals surface area contributed by atoms with Crippen LogP contribution in [0.2, 0.25) is 0 Å². The summed E-state index contributed by atoms with van der Waals surface area (Å²) in [6, 6.07) is 2.90. The van der Waals surface area contributed by atoms with Crippen LogP contribution in [0.15, 0.2) is 29.2 Å². The molecule has 164 valence electrons. The Morgan fingerprint density at radius 3 is 2.68 bits per heavy atom. The molecule has 1 atom stereocenters. The Hall–Kier alpha value is -3.47. The van der Waals surface area contributed by atoms with Gasteiger partial charge in [-0.05, 0) is 6.07 Å². The van der Waals surface area contributed by atoms with E-state index >= 15 is 0 Å². The lowest BCUT2D eigenvalue weighted by atomic mass is 10.0. The fraction of sp³-hybridized carbons (Fsp3) is 0.350. The number of rotatable bonds is 3. The number of benzene rings is 1. The zero-order chi connectivity index (χ0) is 22.5. The summed E-state index contributed by atoms with van der Waals surface area (Å²) in [7, 11) is 3.21. The first-order chi connectivity index (χ1) is 14.7. The number of pyridine rings is 1. The Labute approximate surface area is 175 Å². The summed E-state index contributed by atoms with van der Waals surface area (Å²) in [4.78, 5) is 39.6. The molecule has 1 unspecified atom stereocenters. The number of aromatic hydroxyl groups is 1. The number of aromatic nitrogens is 1. The van der Waals surface area contributed by atoms with Gasteiger partial charge in [-0.15, -0.1) is 0 Å². The second-order valence-electron chi connectivity index (χ2n) is 7.50. The van der Waals surface area contributed by atoms with Crippen molar-refractivity contribution in [2.24, 2.45) is 0 Å². The van der Waals surface area contributed by atoms with Crippen LogP contribution < -0.4 is 15.8 Å². The molecule has 0 aliphatic carbocycles. The Balaban J connectivity index is 1.70. The minimum atomic E-state index is -1.03. The topological polar surface area (TPSA) is 104 Å². The number of ether oxygens (including phenoxy) is 1. The molecule has 0 radical (unpaired) electrons. The van der Waals surface area contributed by atoms with Crippen LogP contribution in [0.5, 0.6) is 5.75 Å². The van der Waals surface area contributed by atoms with Crippen LogP contribution in [0.4, 0.5) is 8.78 Å². The van der Waals surface area contributed by atoms with Crippen molar-refractivity contribution in [1.82, 2.24) is 14.9 Å². The molecule has 9 nitrogen and oxygen atoms in total. The fourth-order valence-electron chi connectivity index (χ4n) is 3.95. The maximum atomic E-state index is 13.8. The second kappa shape index (κ2) is 7.34. The third-order valence-corrected chi connectivity index (χ3v) is 5.90. The fourth-order valence-corrected chi connectivity index (χ4v) is 3.95. The number of fused-ring (bicyclic) bond motifs is 1. The molecule has 0 bridgehead atoms. The molecule has 31 heavy (non-hydrogen) atoms. The van der Waals surface area contributed by atoms with Crippen LogP contribution in [0.25, 0.3) is 0 Å². The van der Waals surface area contributed by atoms with E-state index in [1.807, 2.05) is 0 Å². The minimum absolute atomic E-state index is 0.0213. The molecular weight excluding hydrogens is 414 g/mol. The number of hydrogen-bond donors (Lipinski definition) is 2. The van der Waals surface area contributed by atoms with E-state index in [2.05, 4.69) is 5.32 Å². The van der Waals surface area contributed by atoms with Crippen molar-refractivity contribution in [2.45, 2.75) is 18.6 Å². The molecule has 2 aliphatic heterocycles. The second-order valence-corrected chi connectivity index (χ2v) is 7.50. The number of halogens is 2. The highest BCUT2D eigenvalue weighted by molar-refractivity contribution is 5.99. The Morgan fingerprint density at radius 2 is 2.03 bits per heavy atom. The van der Waals surface area contributed by atoms with Gasteiger partial charge in [0.15, 0.2) is 17.1 Å². The first-order valence-electron chi connectivity index (χ1n) is 9.48. The van der Waals surface area contributed by atoms with E-state index in [9.17, 15) is 28.3 Å². The summed E-state index contributed by atoms with van der Waals surface area (Å²) in [5.41, 5.74) is -2.54. The molecule has 1 aromatic carbocycles. The molecule has 1 fully saturated rings. The summed E-state index contributed by atoms with van der Waals surface area (Å²) in [6.45, 7) is 0.325. The summed E-state index contributed by atoms with van der Waals surface area (Å²) < 4.78 is 33.6. The zero-order valence-corrected chi connectivity index (χ0v) is 16.8. The summed E-state index contributed by atoms with van der Waals surface area (Å²) in [6.07, 6.45) is 1.65. The van der Waals surface area contributed by atoms with Crippen LogP contribution in [0.1, 0.15) is 32.8 Å². The maximum absolute atomic E-state index is 13.8. The Kier molecular flexibility index (Phi) is 4.92. The van der Waals surface area contributed by atoms with Gasteiger partial charge in [0, 0.05) is 44.9 Å². The minimum Gasteiger partial charge on any atom is -0.502 e. The van der Waals surface area contributed by atoms with Gasteiger partial charge in [-0.2, -0.15) is 0 Å². The van der Waals surface area contributed by atoms with E-state index in [-0.39, 0.29) is 24.4 Å². The van der Waals surface area contributed by atoms with Gasteiger partial charge in [-0.25, -0.2) is 8.78 Å². The summed E-state index contributed by atoms with van der Waals surface area (Å²) in [5.74, 6) is -3.93. The highest BCUT2D eigenvalue weighted by Gasteiger charge is 2.50. The number of amides is 2. The predicted molar refractivity (Wildman–Crippen MR) is 104 cm³/mol. The van der Waals surface area contributed by atoms with E-state index < -0.39 is 45.9 Å². The first kappa shape index (κ1) is 20.8. The molecule has 0 saturated carbocycles. The monoisotopic (exact) mass is 434 g/mol. The van der Waals surface area contributed by atoms with Crippen LogP contribution in [0, 0.1) is 11.6 Å². The van der Waals surface area contributed by atoms with Crippen molar-refractivity contribution in [1.29, 1.82) is 0 Å². The van der Waals surface area contributed by atoms with Crippen LogP contribution in [-0.4, -0.2) is 59.5 Å². The van der Waals surface area contributed by atoms with Crippen molar-refractivity contribution in [3.05, 3.63) is 63.1 Å². The lowest BCUT2D eigenvalue weighted by molar-refractivity contribution is 0.0330. The van der Waals surface area contributed by atoms with Gasteiger partial charge in [0.05, 0.1) is 13.2 Å². The number of carbonyl (C=O) groups excluding carboxylic acids is 2. The third kappa shape index (κ3) is 3.12. The van der Waals surface area contributed by atoms with E-state index in [1.165, 1.54) is 21.8 Å². The lowest BCUT2D eigenvalue weighted by Crippen LogP contribution is -2.68. The Bertz CT molecular complexity index is 1140. The number of nitrogens with one attached hydrogen (secondary N) is 1. The molecule has 1 spiro atoms. The molecule has 2 aliphatic rings. The molecular formula is C20H20F2N4O5. The molecule has 11 heteroatoms. The van der Waals surface area contributed by atoms with Crippen molar-refractivity contribution in [3.63, 3.8) is 0 Å². The first-order valence-corrected chi connectivity index (χ1v) is 9.48. The normalized spacial score (nSPS) is 20.3. The van der Waals surface area contributed by atoms with Crippen LogP contribution >= 0.6 is 0 Å². The van der Waals surface area contributed by atoms with Crippen molar-refractivity contribution in [3.8, 4) is 5.75 Å². The van der Waals surface area contributed by atoms with E-state index in [0.29, 0.717) is 19.1 Å². The van der Waals surface area contributed by atoms with Gasteiger partial charge in [0.1, 0.15) is 17.2 Å². The predicted octanol–water partition coefficient (Wildman–Crippen LogP) is 0.532. The molecule has 2 amide bonds. The average Bonchev–Trinajstić information content (AvgIpc) is 3.23. The maximum Gasteiger partial charge on any atom is 0.278 e. The highest BCUT2D eigenvalue weighted by Crippen LogP contribution is 2.34. The standard InChI is InChI=1S/C20H20F2N4O5/c1-24-19(30)15-17(28)16(27)13(9-26(15)25(2)20(24)5-6-31-10-20)18(29)23-8-11-3-4-12(21)7-14(11)22/h3-4,7,9,28H,5-6,8,10H2,1-2H3,(H,23,29). The smallest absolute Gasteiger partial charge is 0.278 e. The third-order valence-electron chi connectivity index (χ3n) is 5.90. The zero-order valence-electron chi connectivity index (χ0n) is 16.8. The number of carbonyl (C=O) groups is 2. The molecule has 2 N–H and O–H groups in total. The molecule has 2 aromatic rings. The van der Waals surface area contributed by atoms with E-state index in [0.717, 1.165) is 6.07 Å². The van der Waals surface area contributed by atoms with Gasteiger partial charge in [0.2, 0.25) is 5.43 Å². The summed E-state index contributed by atoms with van der Waals surface area (Å²) in [5, 5.41) is 14.5.